The van der Waals surface area contributed by atoms with E-state index < -0.39 is 5.97 Å². The Bertz CT molecular complexity index is 1290. The summed E-state index contributed by atoms with van der Waals surface area (Å²) in [6.07, 6.45) is 1.76. The molecule has 0 aliphatic rings. The number of hydrazone groups is 1. The molecule has 4 rings (SSSR count). The molecule has 4 aromatic rings. The number of rotatable bonds is 6. The third-order valence-electron chi connectivity index (χ3n) is 4.82. The minimum absolute atomic E-state index is 0.206. The number of hydrogen-bond acceptors (Lipinski definition) is 4. The first-order chi connectivity index (χ1) is 15.6. The van der Waals surface area contributed by atoms with Crippen molar-refractivity contribution >= 4 is 40.5 Å². The first kappa shape index (κ1) is 21.3. The summed E-state index contributed by atoms with van der Waals surface area (Å²) in [6.45, 7) is 0. The van der Waals surface area contributed by atoms with Gasteiger partial charge in [0.05, 0.1) is 23.2 Å². The number of carbonyl (C=O) groups excluding carboxylic acids is 2. The normalized spacial score (nSPS) is 10.9. The number of halogens is 1. The molecule has 1 N–H and O–H groups in total. The average molecular weight is 443 g/mol. The van der Waals surface area contributed by atoms with Crippen molar-refractivity contribution in [3.63, 3.8) is 0 Å². The molecule has 0 saturated heterocycles. The molecule has 0 atom stereocenters. The van der Waals surface area contributed by atoms with E-state index in [9.17, 15) is 9.59 Å². The van der Waals surface area contributed by atoms with Crippen molar-refractivity contribution < 1.29 is 14.3 Å². The van der Waals surface area contributed by atoms with Crippen molar-refractivity contribution in [3.05, 3.63) is 113 Å². The van der Waals surface area contributed by atoms with E-state index in [2.05, 4.69) is 10.5 Å². The van der Waals surface area contributed by atoms with Crippen LogP contribution in [0.4, 0.5) is 0 Å². The molecule has 0 spiro atoms. The van der Waals surface area contributed by atoms with Gasteiger partial charge in [-0.1, -0.05) is 66.2 Å². The monoisotopic (exact) mass is 442 g/mol. The Balaban J connectivity index is 1.33. The van der Waals surface area contributed by atoms with Crippen LogP contribution >= 0.6 is 11.6 Å². The van der Waals surface area contributed by atoms with E-state index in [-0.39, 0.29) is 12.3 Å². The molecule has 0 heterocycles. The fourth-order valence-electron chi connectivity index (χ4n) is 3.25. The van der Waals surface area contributed by atoms with Gasteiger partial charge in [-0.2, -0.15) is 5.10 Å². The maximum atomic E-state index is 12.3. The number of nitrogens with zero attached hydrogens (tertiary/aromatic N) is 1. The zero-order valence-corrected chi connectivity index (χ0v) is 17.8. The van der Waals surface area contributed by atoms with Crippen molar-refractivity contribution in [2.24, 2.45) is 5.10 Å². The zero-order valence-electron chi connectivity index (χ0n) is 17.0. The number of hydrogen-bond donors (Lipinski definition) is 1. The topological polar surface area (TPSA) is 67.8 Å². The summed E-state index contributed by atoms with van der Waals surface area (Å²) in [6, 6.07) is 27.3. The van der Waals surface area contributed by atoms with E-state index >= 15 is 0 Å². The molecule has 0 unspecified atom stereocenters. The van der Waals surface area contributed by atoms with E-state index in [0.717, 1.165) is 21.9 Å². The molecular formula is C26H19ClN2O3. The molecule has 158 valence electrons. The second kappa shape index (κ2) is 9.90. The van der Waals surface area contributed by atoms with Gasteiger partial charge in [-0.05, 0) is 58.3 Å². The smallest absolute Gasteiger partial charge is 0.345 e. The van der Waals surface area contributed by atoms with Gasteiger partial charge in [-0.25, -0.2) is 10.2 Å². The van der Waals surface area contributed by atoms with E-state index in [1.54, 1.807) is 48.5 Å². The number of amides is 1. The predicted octanol–water partition coefficient (Wildman–Crippen LogP) is 5.41. The standard InChI is InChI=1S/C26H19ClN2O3/c27-24-11-4-3-10-23(24)26(31)32-21-14-12-18(13-15-21)17-28-29-25(30)16-20-8-5-7-19-6-1-2-9-22(19)20/h1-15,17H,16H2,(H,29,30). The van der Waals surface area contributed by atoms with E-state index in [1.165, 1.54) is 6.21 Å². The Morgan fingerprint density at radius 2 is 1.59 bits per heavy atom. The number of ether oxygens (including phenoxy) is 1. The number of carbonyl (C=O) groups is 2. The average Bonchev–Trinajstić information content (AvgIpc) is 2.81. The SMILES string of the molecule is O=C(Cc1cccc2ccccc12)NN=Cc1ccc(OC(=O)c2ccccc2Cl)cc1. The Labute approximate surface area is 190 Å². The number of esters is 1. The van der Waals surface area contributed by atoms with Crippen LogP contribution in [0.15, 0.2) is 96.1 Å². The molecule has 6 heteroatoms. The maximum absolute atomic E-state index is 12.3. The largest absolute Gasteiger partial charge is 0.423 e. The summed E-state index contributed by atoms with van der Waals surface area (Å²) < 4.78 is 5.34. The van der Waals surface area contributed by atoms with E-state index in [1.807, 2.05) is 42.5 Å². The van der Waals surface area contributed by atoms with Crippen LogP contribution in [0.5, 0.6) is 5.75 Å². The van der Waals surface area contributed by atoms with Crippen LogP contribution in [-0.2, 0) is 11.2 Å². The van der Waals surface area contributed by atoms with Gasteiger partial charge in [0.1, 0.15) is 5.75 Å². The highest BCUT2D eigenvalue weighted by Crippen LogP contribution is 2.20. The molecule has 1 amide bonds. The van der Waals surface area contributed by atoms with Crippen molar-refractivity contribution in [1.29, 1.82) is 0 Å². The van der Waals surface area contributed by atoms with Crippen LogP contribution < -0.4 is 10.2 Å². The molecule has 5 nitrogen and oxygen atoms in total. The summed E-state index contributed by atoms with van der Waals surface area (Å²) in [5, 5.41) is 6.50. The highest BCUT2D eigenvalue weighted by Gasteiger charge is 2.12. The van der Waals surface area contributed by atoms with Crippen LogP contribution in [-0.4, -0.2) is 18.1 Å². The lowest BCUT2D eigenvalue weighted by Gasteiger charge is -2.06. The van der Waals surface area contributed by atoms with Crippen molar-refractivity contribution in [2.45, 2.75) is 6.42 Å². The highest BCUT2D eigenvalue weighted by atomic mass is 35.5. The van der Waals surface area contributed by atoms with Gasteiger partial charge in [0, 0.05) is 0 Å². The lowest BCUT2D eigenvalue weighted by molar-refractivity contribution is -0.120. The Hall–Kier alpha value is -3.96. The molecular weight excluding hydrogens is 424 g/mol. The predicted molar refractivity (Wildman–Crippen MR) is 126 cm³/mol. The van der Waals surface area contributed by atoms with Gasteiger partial charge >= 0.3 is 5.97 Å². The summed E-state index contributed by atoms with van der Waals surface area (Å²) in [7, 11) is 0. The fraction of sp³-hybridized carbons (Fsp3) is 0.0385. The third kappa shape index (κ3) is 5.20. The van der Waals surface area contributed by atoms with Gasteiger partial charge in [-0.15, -0.1) is 0 Å². The Kier molecular flexibility index (Phi) is 6.58. The van der Waals surface area contributed by atoms with Gasteiger partial charge in [-0.3, -0.25) is 4.79 Å². The molecule has 4 aromatic carbocycles. The minimum Gasteiger partial charge on any atom is -0.423 e. The molecule has 32 heavy (non-hydrogen) atoms. The third-order valence-corrected chi connectivity index (χ3v) is 5.15. The fourth-order valence-corrected chi connectivity index (χ4v) is 3.46. The highest BCUT2D eigenvalue weighted by molar-refractivity contribution is 6.33. The lowest BCUT2D eigenvalue weighted by atomic mass is 10.0. The summed E-state index contributed by atoms with van der Waals surface area (Å²) >= 11 is 6.02. The first-order valence-electron chi connectivity index (χ1n) is 9.95. The molecule has 0 aliphatic heterocycles. The summed E-state index contributed by atoms with van der Waals surface area (Å²) in [5.41, 5.74) is 4.54. The molecule has 0 bridgehead atoms. The Morgan fingerprint density at radius 1 is 0.875 bits per heavy atom. The molecule has 0 aromatic heterocycles. The second-order valence-electron chi connectivity index (χ2n) is 7.05. The number of benzene rings is 4. The molecule has 0 fully saturated rings. The van der Waals surface area contributed by atoms with Crippen LogP contribution in [0.1, 0.15) is 21.5 Å². The van der Waals surface area contributed by atoms with E-state index in [4.69, 9.17) is 16.3 Å². The summed E-state index contributed by atoms with van der Waals surface area (Å²) in [5.74, 6) is -0.354. The first-order valence-corrected chi connectivity index (χ1v) is 10.3. The van der Waals surface area contributed by atoms with Crippen molar-refractivity contribution in [1.82, 2.24) is 5.43 Å². The van der Waals surface area contributed by atoms with Crippen LogP contribution in [0.3, 0.4) is 0 Å². The molecule has 0 radical (unpaired) electrons. The zero-order chi connectivity index (χ0) is 22.3. The molecule has 0 aliphatic carbocycles. The quantitative estimate of drug-likeness (QED) is 0.188. The second-order valence-corrected chi connectivity index (χ2v) is 7.45. The molecule has 0 saturated carbocycles. The Morgan fingerprint density at radius 3 is 2.41 bits per heavy atom. The van der Waals surface area contributed by atoms with Crippen LogP contribution in [0.25, 0.3) is 10.8 Å². The lowest BCUT2D eigenvalue weighted by Crippen LogP contribution is -2.19. The maximum Gasteiger partial charge on any atom is 0.345 e. The summed E-state index contributed by atoms with van der Waals surface area (Å²) in [4.78, 5) is 24.5. The van der Waals surface area contributed by atoms with E-state index in [0.29, 0.717) is 16.3 Å². The number of nitrogens with one attached hydrogen (secondary N) is 1. The van der Waals surface area contributed by atoms with Gasteiger partial charge in [0.25, 0.3) is 0 Å². The van der Waals surface area contributed by atoms with Crippen molar-refractivity contribution in [3.8, 4) is 5.75 Å². The van der Waals surface area contributed by atoms with Gasteiger partial charge in [0.2, 0.25) is 5.91 Å². The minimum atomic E-state index is -0.530. The van der Waals surface area contributed by atoms with Crippen LogP contribution in [0.2, 0.25) is 5.02 Å². The van der Waals surface area contributed by atoms with Crippen molar-refractivity contribution in [2.75, 3.05) is 0 Å². The number of fused-ring (bicyclic) bond motifs is 1. The van der Waals surface area contributed by atoms with Gasteiger partial charge < -0.3 is 4.74 Å². The van der Waals surface area contributed by atoms with Gasteiger partial charge in [0.15, 0.2) is 0 Å². The van der Waals surface area contributed by atoms with Crippen LogP contribution in [0, 0.1) is 0 Å².